The summed E-state index contributed by atoms with van der Waals surface area (Å²) in [5.74, 6) is -0.417. The maximum Gasteiger partial charge on any atom is 0.335 e. The molecule has 2 N–H and O–H groups in total. The molecule has 0 unspecified atom stereocenters. The Balaban J connectivity index is 2.76. The monoisotopic (exact) mass is 379 g/mol. The van der Waals surface area contributed by atoms with Crippen molar-refractivity contribution in [1.82, 2.24) is 9.55 Å². The van der Waals surface area contributed by atoms with Crippen LogP contribution in [0.1, 0.15) is 31.9 Å². The fourth-order valence-electron chi connectivity index (χ4n) is 2.16. The van der Waals surface area contributed by atoms with Crippen molar-refractivity contribution < 1.29 is 5.11 Å². The molecule has 0 saturated carbocycles. The van der Waals surface area contributed by atoms with Crippen LogP contribution in [0.5, 0.6) is 5.88 Å². The summed E-state index contributed by atoms with van der Waals surface area (Å²) >= 11 is 3.38. The van der Waals surface area contributed by atoms with Crippen LogP contribution in [-0.4, -0.2) is 26.9 Å². The Kier molecular flexibility index (Phi) is 5.20. The molecule has 1 aromatic heterocycles. The highest BCUT2D eigenvalue weighted by Crippen LogP contribution is 2.23. The van der Waals surface area contributed by atoms with E-state index in [1.165, 1.54) is 6.21 Å². The molecule has 0 aliphatic carbocycles. The van der Waals surface area contributed by atoms with Crippen LogP contribution >= 0.6 is 15.9 Å². The van der Waals surface area contributed by atoms with E-state index in [-0.39, 0.29) is 11.6 Å². The number of rotatable bonds is 4. The first-order valence-electron chi connectivity index (χ1n) is 7.25. The smallest absolute Gasteiger partial charge is 0.335 e. The lowest BCUT2D eigenvalue weighted by molar-refractivity contribution is 0.429. The van der Waals surface area contributed by atoms with E-state index in [0.29, 0.717) is 12.1 Å². The summed E-state index contributed by atoms with van der Waals surface area (Å²) in [7, 11) is 0. The van der Waals surface area contributed by atoms with Crippen LogP contribution < -0.4 is 11.2 Å². The van der Waals surface area contributed by atoms with E-state index in [1.54, 1.807) is 12.1 Å². The van der Waals surface area contributed by atoms with Crippen LogP contribution in [0.4, 0.5) is 0 Å². The summed E-state index contributed by atoms with van der Waals surface area (Å²) in [6, 6.07) is 5.32. The molecule has 0 aliphatic heterocycles. The molecular formula is C16H18BrN3O3. The molecular weight excluding hydrogens is 362 g/mol. The van der Waals surface area contributed by atoms with Crippen molar-refractivity contribution in [2.75, 3.05) is 0 Å². The lowest BCUT2D eigenvalue weighted by atomic mass is 10.1. The summed E-state index contributed by atoms with van der Waals surface area (Å²) in [6.45, 7) is 5.64. The maximum atomic E-state index is 12.2. The molecule has 7 heteroatoms. The predicted molar refractivity (Wildman–Crippen MR) is 94.1 cm³/mol. The molecule has 2 aromatic rings. The lowest BCUT2D eigenvalue weighted by Gasteiger charge is -2.13. The highest BCUT2D eigenvalue weighted by molar-refractivity contribution is 9.10. The zero-order chi connectivity index (χ0) is 17.1. The van der Waals surface area contributed by atoms with E-state index in [0.717, 1.165) is 14.6 Å². The number of nitrogens with one attached hydrogen (secondary N) is 1. The fourth-order valence-corrected chi connectivity index (χ4v) is 2.57. The van der Waals surface area contributed by atoms with E-state index >= 15 is 0 Å². The van der Waals surface area contributed by atoms with Crippen molar-refractivity contribution in [1.29, 1.82) is 0 Å². The van der Waals surface area contributed by atoms with E-state index in [1.807, 2.05) is 26.8 Å². The molecule has 6 nitrogen and oxygen atoms in total. The second-order valence-electron chi connectivity index (χ2n) is 5.33. The average Bonchev–Trinajstić information content (AvgIpc) is 2.47. The number of hydrogen-bond donors (Lipinski definition) is 2. The van der Waals surface area contributed by atoms with Crippen LogP contribution in [0.15, 0.2) is 37.3 Å². The van der Waals surface area contributed by atoms with Gasteiger partial charge < -0.3 is 5.11 Å². The number of aromatic nitrogens is 2. The SMILES string of the molecule is CCc1cc(Br)ccc1-n1c(O)c(C=NC(C)C)c(=O)[nH]c1=O. The number of aryl methyl sites for hydroxylation is 1. The van der Waals surface area contributed by atoms with Crippen LogP contribution in [0.2, 0.25) is 0 Å². The third kappa shape index (κ3) is 3.61. The molecule has 122 valence electrons. The molecule has 23 heavy (non-hydrogen) atoms. The van der Waals surface area contributed by atoms with Gasteiger partial charge in [-0.05, 0) is 44.0 Å². The number of halogens is 1. The summed E-state index contributed by atoms with van der Waals surface area (Å²) < 4.78 is 1.96. The Morgan fingerprint density at radius 1 is 1.39 bits per heavy atom. The number of aliphatic imine (C=N–C) groups is 1. The third-order valence-corrected chi connectivity index (χ3v) is 3.78. The van der Waals surface area contributed by atoms with Crippen molar-refractivity contribution in [3.8, 4) is 11.6 Å². The predicted octanol–water partition coefficient (Wildman–Crippen LogP) is 2.38. The third-order valence-electron chi connectivity index (χ3n) is 3.29. The average molecular weight is 380 g/mol. The zero-order valence-electron chi connectivity index (χ0n) is 13.1. The molecule has 0 amide bonds. The van der Waals surface area contributed by atoms with Crippen molar-refractivity contribution >= 4 is 22.1 Å². The van der Waals surface area contributed by atoms with Gasteiger partial charge in [-0.1, -0.05) is 22.9 Å². The van der Waals surface area contributed by atoms with E-state index < -0.39 is 17.1 Å². The second kappa shape index (κ2) is 6.95. The summed E-state index contributed by atoms with van der Waals surface area (Å²) in [5, 5.41) is 10.4. The van der Waals surface area contributed by atoms with E-state index in [4.69, 9.17) is 0 Å². The van der Waals surface area contributed by atoms with Crippen LogP contribution in [-0.2, 0) is 6.42 Å². The van der Waals surface area contributed by atoms with Gasteiger partial charge >= 0.3 is 5.69 Å². The number of aromatic hydroxyl groups is 1. The Hall–Kier alpha value is -2.15. The first-order chi connectivity index (χ1) is 10.8. The topological polar surface area (TPSA) is 87.4 Å². The number of benzene rings is 1. The van der Waals surface area contributed by atoms with Crippen molar-refractivity contribution in [2.24, 2.45) is 4.99 Å². The highest BCUT2D eigenvalue weighted by atomic mass is 79.9. The van der Waals surface area contributed by atoms with Gasteiger partial charge in [0.1, 0.15) is 5.56 Å². The van der Waals surface area contributed by atoms with Crippen LogP contribution in [0.3, 0.4) is 0 Å². The first-order valence-corrected chi connectivity index (χ1v) is 8.04. The van der Waals surface area contributed by atoms with Gasteiger partial charge in [-0.3, -0.25) is 14.8 Å². The number of H-pyrrole nitrogens is 1. The molecule has 0 spiro atoms. The largest absolute Gasteiger partial charge is 0.493 e. The number of nitrogens with zero attached hydrogens (tertiary/aromatic N) is 2. The van der Waals surface area contributed by atoms with Gasteiger partial charge in [-0.15, -0.1) is 0 Å². The fraction of sp³-hybridized carbons (Fsp3) is 0.312. The zero-order valence-corrected chi connectivity index (χ0v) is 14.7. The minimum atomic E-state index is -0.689. The van der Waals surface area contributed by atoms with E-state index in [9.17, 15) is 14.7 Å². The van der Waals surface area contributed by atoms with Gasteiger partial charge in [-0.2, -0.15) is 0 Å². The lowest BCUT2D eigenvalue weighted by Crippen LogP contribution is -2.31. The molecule has 0 radical (unpaired) electrons. The van der Waals surface area contributed by atoms with Crippen LogP contribution in [0.25, 0.3) is 5.69 Å². The Labute approximate surface area is 141 Å². The quantitative estimate of drug-likeness (QED) is 0.799. The Bertz CT molecular complexity index is 866. The highest BCUT2D eigenvalue weighted by Gasteiger charge is 2.16. The Morgan fingerprint density at radius 2 is 2.09 bits per heavy atom. The van der Waals surface area contributed by atoms with Gasteiger partial charge in [0.25, 0.3) is 5.56 Å². The molecule has 0 fully saturated rings. The molecule has 1 aromatic carbocycles. The van der Waals surface area contributed by atoms with E-state index in [2.05, 4.69) is 25.9 Å². The van der Waals surface area contributed by atoms with Crippen LogP contribution in [0, 0.1) is 0 Å². The minimum absolute atomic E-state index is 0.0342. The van der Waals surface area contributed by atoms with Crippen molar-refractivity contribution in [3.63, 3.8) is 0 Å². The van der Waals surface area contributed by atoms with Gasteiger partial charge in [0.2, 0.25) is 5.88 Å². The summed E-state index contributed by atoms with van der Waals surface area (Å²) in [4.78, 5) is 30.5. The maximum absolute atomic E-state index is 12.2. The molecule has 1 heterocycles. The van der Waals surface area contributed by atoms with Crippen molar-refractivity contribution in [3.05, 3.63) is 54.6 Å². The number of aromatic amines is 1. The molecule has 0 bridgehead atoms. The molecule has 0 atom stereocenters. The molecule has 2 rings (SSSR count). The van der Waals surface area contributed by atoms with Gasteiger partial charge in [-0.25, -0.2) is 9.36 Å². The molecule has 0 aliphatic rings. The van der Waals surface area contributed by atoms with Gasteiger partial charge in [0.05, 0.1) is 5.69 Å². The van der Waals surface area contributed by atoms with Crippen molar-refractivity contribution in [2.45, 2.75) is 33.2 Å². The standard InChI is InChI=1S/C16H18BrN3O3/c1-4-10-7-11(17)5-6-13(10)20-15(22)12(8-18-9(2)3)14(21)19-16(20)23/h5-9,22H,4H2,1-3H3,(H,19,21,23). The molecule has 0 saturated heterocycles. The van der Waals surface area contributed by atoms with Gasteiger partial charge in [0, 0.05) is 16.7 Å². The summed E-state index contributed by atoms with van der Waals surface area (Å²) in [6.07, 6.45) is 1.95. The normalized spacial score (nSPS) is 11.5. The Morgan fingerprint density at radius 3 is 2.70 bits per heavy atom. The summed E-state index contributed by atoms with van der Waals surface area (Å²) in [5.41, 5.74) is -0.0120. The number of hydrogen-bond acceptors (Lipinski definition) is 4. The minimum Gasteiger partial charge on any atom is -0.493 e. The second-order valence-corrected chi connectivity index (χ2v) is 6.25. The van der Waals surface area contributed by atoms with Gasteiger partial charge in [0.15, 0.2) is 0 Å². The first kappa shape index (κ1) is 17.2.